The van der Waals surface area contributed by atoms with Gasteiger partial charge in [-0.25, -0.2) is 0 Å². The van der Waals surface area contributed by atoms with Gasteiger partial charge in [-0.1, -0.05) is 30.3 Å². The van der Waals surface area contributed by atoms with Gasteiger partial charge in [-0.3, -0.25) is 9.59 Å². The third-order valence-corrected chi connectivity index (χ3v) is 5.33. The molecule has 0 radical (unpaired) electrons. The van der Waals surface area contributed by atoms with Crippen molar-refractivity contribution in [2.24, 2.45) is 0 Å². The zero-order valence-electron chi connectivity index (χ0n) is 16.6. The zero-order valence-corrected chi connectivity index (χ0v) is 16.6. The first-order valence-electron chi connectivity index (χ1n) is 9.72. The quantitative estimate of drug-likeness (QED) is 0.461. The van der Waals surface area contributed by atoms with Crippen LogP contribution in [0.5, 0.6) is 0 Å². The number of alkyl halides is 6. The Kier molecular flexibility index (Phi) is 6.80. The molecule has 2 aromatic carbocycles. The monoisotopic (exact) mass is 459 g/mol. The van der Waals surface area contributed by atoms with Crippen molar-refractivity contribution in [3.63, 3.8) is 0 Å². The second kappa shape index (κ2) is 9.22. The lowest BCUT2D eigenvalue weighted by molar-refractivity contribution is -0.143. The van der Waals surface area contributed by atoms with Crippen molar-refractivity contribution in [2.45, 2.75) is 43.8 Å². The average Bonchev–Trinajstić information content (AvgIpc) is 2.73. The number of hydrogen-bond acceptors (Lipinski definition) is 3. The molecule has 1 heterocycles. The predicted molar refractivity (Wildman–Crippen MR) is 102 cm³/mol. The molecule has 1 aliphatic rings. The van der Waals surface area contributed by atoms with Gasteiger partial charge in [0.15, 0.2) is 0 Å². The molecular formula is C22H19F6NO3. The molecule has 1 fully saturated rings. The van der Waals surface area contributed by atoms with Crippen LogP contribution in [0.4, 0.5) is 26.3 Å². The molecule has 3 rings (SSSR count). The van der Waals surface area contributed by atoms with Gasteiger partial charge >= 0.3 is 12.4 Å². The summed E-state index contributed by atoms with van der Waals surface area (Å²) in [5, 5.41) is 0. The SMILES string of the molecule is O=COC1CCN(C(=O)c2cc(C(F)(F)F)cc(C(F)(F)F)c2)C(Cc2ccccc2)C1. The first kappa shape index (κ1) is 23.6. The highest BCUT2D eigenvalue weighted by Gasteiger charge is 2.39. The summed E-state index contributed by atoms with van der Waals surface area (Å²) in [6, 6.07) is 9.19. The molecule has 32 heavy (non-hydrogen) atoms. The van der Waals surface area contributed by atoms with Gasteiger partial charge in [-0.2, -0.15) is 26.3 Å². The van der Waals surface area contributed by atoms with Crippen molar-refractivity contribution in [1.29, 1.82) is 0 Å². The number of halogens is 6. The van der Waals surface area contributed by atoms with Crippen molar-refractivity contribution in [1.82, 2.24) is 4.90 Å². The van der Waals surface area contributed by atoms with Crippen LogP contribution in [0.1, 0.15) is 39.9 Å². The minimum Gasteiger partial charge on any atom is -0.464 e. The van der Waals surface area contributed by atoms with Crippen LogP contribution in [0.2, 0.25) is 0 Å². The van der Waals surface area contributed by atoms with E-state index in [1.54, 1.807) is 30.3 Å². The Labute approximate surface area is 179 Å². The third-order valence-electron chi connectivity index (χ3n) is 5.33. The number of amides is 1. The van der Waals surface area contributed by atoms with E-state index in [1.807, 2.05) is 0 Å². The van der Waals surface area contributed by atoms with E-state index in [0.717, 1.165) is 5.56 Å². The second-order valence-corrected chi connectivity index (χ2v) is 7.52. The van der Waals surface area contributed by atoms with Gasteiger partial charge in [0, 0.05) is 31.0 Å². The van der Waals surface area contributed by atoms with Gasteiger partial charge in [0.05, 0.1) is 11.1 Å². The highest BCUT2D eigenvalue weighted by molar-refractivity contribution is 5.95. The summed E-state index contributed by atoms with van der Waals surface area (Å²) in [6.07, 6.45) is -9.87. The maximum atomic E-state index is 13.2. The maximum Gasteiger partial charge on any atom is 0.416 e. The molecule has 2 aromatic rings. The maximum absolute atomic E-state index is 13.2. The molecule has 2 atom stereocenters. The molecule has 2 unspecified atom stereocenters. The van der Waals surface area contributed by atoms with Crippen LogP contribution in [-0.4, -0.2) is 36.0 Å². The van der Waals surface area contributed by atoms with E-state index in [0.29, 0.717) is 18.6 Å². The van der Waals surface area contributed by atoms with Gasteiger partial charge in [0.25, 0.3) is 12.4 Å². The van der Waals surface area contributed by atoms with Crippen molar-refractivity contribution in [3.8, 4) is 0 Å². The van der Waals surface area contributed by atoms with E-state index < -0.39 is 47.1 Å². The summed E-state index contributed by atoms with van der Waals surface area (Å²) in [7, 11) is 0. The van der Waals surface area contributed by atoms with E-state index >= 15 is 0 Å². The molecule has 0 aliphatic carbocycles. The Bertz CT molecular complexity index is 926. The Morgan fingerprint density at radius 3 is 2.12 bits per heavy atom. The fourth-order valence-electron chi connectivity index (χ4n) is 3.81. The number of nitrogens with zero attached hydrogens (tertiary/aromatic N) is 1. The fourth-order valence-corrected chi connectivity index (χ4v) is 3.81. The highest BCUT2D eigenvalue weighted by Crippen LogP contribution is 2.37. The van der Waals surface area contributed by atoms with Crippen molar-refractivity contribution in [3.05, 3.63) is 70.8 Å². The zero-order chi connectivity index (χ0) is 23.5. The van der Waals surface area contributed by atoms with Crippen molar-refractivity contribution in [2.75, 3.05) is 6.54 Å². The van der Waals surface area contributed by atoms with Gasteiger partial charge < -0.3 is 9.64 Å². The summed E-state index contributed by atoms with van der Waals surface area (Å²) < 4.78 is 84.2. The normalized spacial score (nSPS) is 19.5. The minimum atomic E-state index is -5.05. The van der Waals surface area contributed by atoms with E-state index in [-0.39, 0.29) is 31.9 Å². The molecule has 4 nitrogen and oxygen atoms in total. The number of rotatable bonds is 5. The fraction of sp³-hybridized carbons (Fsp3) is 0.364. The Balaban J connectivity index is 1.96. The molecular weight excluding hydrogens is 440 g/mol. The van der Waals surface area contributed by atoms with Gasteiger partial charge in [-0.15, -0.1) is 0 Å². The average molecular weight is 459 g/mol. The minimum absolute atomic E-state index is 0.0115. The predicted octanol–water partition coefficient (Wildman–Crippen LogP) is 5.11. The lowest BCUT2D eigenvalue weighted by Gasteiger charge is -2.39. The first-order chi connectivity index (χ1) is 15.0. The topological polar surface area (TPSA) is 46.6 Å². The van der Waals surface area contributed by atoms with Crippen molar-refractivity contribution < 1.29 is 40.7 Å². The summed E-state index contributed by atoms with van der Waals surface area (Å²) in [4.78, 5) is 25.1. The lowest BCUT2D eigenvalue weighted by atomic mass is 9.92. The van der Waals surface area contributed by atoms with E-state index in [1.165, 1.54) is 4.90 Å². The summed E-state index contributed by atoms with van der Waals surface area (Å²) in [6.45, 7) is 0.302. The highest BCUT2D eigenvalue weighted by atomic mass is 19.4. The standard InChI is InChI=1S/C22H19F6NO3/c23-21(24,25)16-9-15(10-17(11-16)22(26,27)28)20(31)29-7-6-19(32-13-30)12-18(29)8-14-4-2-1-3-5-14/h1-5,9-11,13,18-19H,6-8,12H2. The summed E-state index contributed by atoms with van der Waals surface area (Å²) in [5.74, 6) is -0.938. The number of benzene rings is 2. The lowest BCUT2D eigenvalue weighted by Crippen LogP contribution is -2.49. The molecule has 1 aliphatic heterocycles. The molecule has 10 heteroatoms. The van der Waals surface area contributed by atoms with Crippen LogP contribution < -0.4 is 0 Å². The van der Waals surface area contributed by atoms with E-state index in [9.17, 15) is 35.9 Å². The summed E-state index contributed by atoms with van der Waals surface area (Å²) in [5.41, 5.74) is -2.97. The molecule has 0 bridgehead atoms. The molecule has 0 N–H and O–H groups in total. The third kappa shape index (κ3) is 5.60. The van der Waals surface area contributed by atoms with Crippen LogP contribution in [-0.2, 0) is 28.3 Å². The molecule has 0 saturated carbocycles. The molecule has 1 saturated heterocycles. The Hall–Kier alpha value is -3.04. The molecule has 0 aromatic heterocycles. The van der Waals surface area contributed by atoms with E-state index in [2.05, 4.69) is 0 Å². The Morgan fingerprint density at radius 1 is 1.00 bits per heavy atom. The smallest absolute Gasteiger partial charge is 0.416 e. The number of hydrogen-bond donors (Lipinski definition) is 0. The van der Waals surface area contributed by atoms with Crippen LogP contribution in [0.25, 0.3) is 0 Å². The number of ether oxygens (including phenoxy) is 1. The molecule has 172 valence electrons. The van der Waals surface area contributed by atoms with Crippen LogP contribution >= 0.6 is 0 Å². The van der Waals surface area contributed by atoms with Crippen LogP contribution in [0.15, 0.2) is 48.5 Å². The number of piperidine rings is 1. The van der Waals surface area contributed by atoms with Gasteiger partial charge in [-0.05, 0) is 30.2 Å². The van der Waals surface area contributed by atoms with Gasteiger partial charge in [0.1, 0.15) is 6.10 Å². The Morgan fingerprint density at radius 2 is 1.59 bits per heavy atom. The molecule has 0 spiro atoms. The second-order valence-electron chi connectivity index (χ2n) is 7.52. The van der Waals surface area contributed by atoms with Gasteiger partial charge in [0.2, 0.25) is 0 Å². The summed E-state index contributed by atoms with van der Waals surface area (Å²) >= 11 is 0. The number of carbonyl (C=O) groups excluding carboxylic acids is 2. The number of likely N-dealkylation sites (tertiary alicyclic amines) is 1. The first-order valence-corrected chi connectivity index (χ1v) is 9.72. The van der Waals surface area contributed by atoms with Crippen LogP contribution in [0, 0.1) is 0 Å². The van der Waals surface area contributed by atoms with Crippen molar-refractivity contribution >= 4 is 12.4 Å². The number of carbonyl (C=O) groups is 2. The largest absolute Gasteiger partial charge is 0.464 e. The van der Waals surface area contributed by atoms with E-state index in [4.69, 9.17) is 4.74 Å². The van der Waals surface area contributed by atoms with Crippen LogP contribution in [0.3, 0.4) is 0 Å². The molecule has 1 amide bonds.